The quantitative estimate of drug-likeness (QED) is 0.248. The zero-order valence-corrected chi connectivity index (χ0v) is 23.4. The number of carbonyl (C=O) groups excluding carboxylic acids is 5. The predicted octanol–water partition coefficient (Wildman–Crippen LogP) is 0.229. The Morgan fingerprint density at radius 3 is 2.60 bits per heavy atom. The van der Waals surface area contributed by atoms with E-state index in [0.717, 1.165) is 22.6 Å². The fraction of sp³-hybridized carbons (Fsp3) is 0.519. The Labute approximate surface area is 241 Å². The molecule has 0 spiro atoms. The Morgan fingerprint density at radius 1 is 1.10 bits per heavy atom. The minimum absolute atomic E-state index is 0.0246. The van der Waals surface area contributed by atoms with Crippen LogP contribution < -0.4 is 9.64 Å². The third kappa shape index (κ3) is 6.41. The van der Waals surface area contributed by atoms with E-state index in [-0.39, 0.29) is 62.7 Å². The number of para-hydroxylation sites is 2. The molecule has 3 fully saturated rings. The molecule has 1 atom stereocenters. The van der Waals surface area contributed by atoms with Crippen molar-refractivity contribution in [3.63, 3.8) is 0 Å². The fourth-order valence-corrected chi connectivity index (χ4v) is 4.86. The molecule has 3 heterocycles. The predicted molar refractivity (Wildman–Crippen MR) is 142 cm³/mol. The summed E-state index contributed by atoms with van der Waals surface area (Å²) in [6.07, 6.45) is 1.05. The van der Waals surface area contributed by atoms with Crippen molar-refractivity contribution in [1.82, 2.24) is 24.8 Å². The second-order valence-corrected chi connectivity index (χ2v) is 10.3. The summed E-state index contributed by atoms with van der Waals surface area (Å²) in [6, 6.07) is 6.26. The molecule has 42 heavy (non-hydrogen) atoms. The highest BCUT2D eigenvalue weighted by Gasteiger charge is 2.46. The maximum atomic E-state index is 13.6. The minimum Gasteiger partial charge on any atom is -0.495 e. The Bertz CT molecular complexity index is 1360. The summed E-state index contributed by atoms with van der Waals surface area (Å²) in [6.45, 7) is 0.867. The van der Waals surface area contributed by atoms with Crippen molar-refractivity contribution in [3.05, 3.63) is 36.0 Å². The number of carbonyl (C=O) groups is 5. The number of aromatic nitrogens is 2. The monoisotopic (exact) mass is 584 g/mol. The van der Waals surface area contributed by atoms with Crippen LogP contribution >= 0.6 is 0 Å². The molecule has 1 aliphatic carbocycles. The zero-order chi connectivity index (χ0) is 29.8. The molecular weight excluding hydrogens is 552 g/mol. The molecule has 6 amide bonds. The molecule has 15 nitrogen and oxygen atoms in total. The van der Waals surface area contributed by atoms with Crippen LogP contribution in [0.3, 0.4) is 0 Å². The van der Waals surface area contributed by atoms with Crippen molar-refractivity contribution in [2.24, 2.45) is 5.92 Å². The summed E-state index contributed by atoms with van der Waals surface area (Å²) >= 11 is 0. The van der Waals surface area contributed by atoms with Gasteiger partial charge in [-0.2, -0.15) is 4.98 Å². The van der Waals surface area contributed by atoms with Gasteiger partial charge in [0.15, 0.2) is 5.82 Å². The third-order valence-electron chi connectivity index (χ3n) is 7.21. The Balaban J connectivity index is 1.28. The highest BCUT2D eigenvalue weighted by molar-refractivity contribution is 6.44. The molecule has 15 heteroatoms. The number of morpholine rings is 1. The first-order chi connectivity index (χ1) is 20.3. The van der Waals surface area contributed by atoms with Gasteiger partial charge in [0, 0.05) is 26.7 Å². The van der Waals surface area contributed by atoms with E-state index >= 15 is 0 Å². The molecular formula is C27H32N6O9. The summed E-state index contributed by atoms with van der Waals surface area (Å²) in [4.78, 5) is 72.4. The summed E-state index contributed by atoms with van der Waals surface area (Å²) in [5, 5.41) is 3.86. The second-order valence-electron chi connectivity index (χ2n) is 10.3. The largest absolute Gasteiger partial charge is 0.495 e. The molecule has 2 aliphatic heterocycles. The van der Waals surface area contributed by atoms with Gasteiger partial charge in [0.25, 0.3) is 0 Å². The summed E-state index contributed by atoms with van der Waals surface area (Å²) in [5.74, 6) is -1.79. The third-order valence-corrected chi connectivity index (χ3v) is 7.21. The van der Waals surface area contributed by atoms with Crippen LogP contribution in [0.2, 0.25) is 0 Å². The molecule has 1 aromatic carbocycles. The summed E-state index contributed by atoms with van der Waals surface area (Å²) in [7, 11) is 2.94. The lowest BCUT2D eigenvalue weighted by Gasteiger charge is -2.36. The van der Waals surface area contributed by atoms with E-state index in [1.807, 2.05) is 0 Å². The van der Waals surface area contributed by atoms with E-state index in [1.165, 1.54) is 19.1 Å². The Hall–Kier alpha value is -4.37. The van der Waals surface area contributed by atoms with Crippen molar-refractivity contribution < 1.29 is 42.7 Å². The van der Waals surface area contributed by atoms with Crippen LogP contribution in [0.4, 0.5) is 10.5 Å². The lowest BCUT2D eigenvalue weighted by atomic mass is 10.2. The van der Waals surface area contributed by atoms with Gasteiger partial charge in [-0.1, -0.05) is 17.3 Å². The first kappa shape index (κ1) is 29.1. The van der Waals surface area contributed by atoms with Gasteiger partial charge >= 0.3 is 17.8 Å². The highest BCUT2D eigenvalue weighted by atomic mass is 16.5. The Morgan fingerprint density at radius 2 is 1.86 bits per heavy atom. The second kappa shape index (κ2) is 12.7. The van der Waals surface area contributed by atoms with Crippen LogP contribution in [0.25, 0.3) is 0 Å². The number of hydrogen-bond donors (Lipinski definition) is 0. The maximum absolute atomic E-state index is 13.6. The van der Waals surface area contributed by atoms with Crippen molar-refractivity contribution in [3.8, 4) is 5.75 Å². The lowest BCUT2D eigenvalue weighted by molar-refractivity contribution is -0.143. The minimum atomic E-state index is -0.954. The van der Waals surface area contributed by atoms with Gasteiger partial charge in [-0.25, -0.2) is 9.69 Å². The summed E-state index contributed by atoms with van der Waals surface area (Å²) < 4.78 is 21.6. The number of imide groups is 2. The number of amides is 6. The number of nitrogens with zero attached hydrogens (tertiary/aromatic N) is 6. The molecule has 3 aliphatic rings. The SMILES string of the molecule is COCC(=O)N1CCO[C@@H](CN(C(=O)Cc2noc(CN3C(=O)C(=O)N(CC4CC4)C3=O)n2)c2ccccc2OC)C1. The van der Waals surface area contributed by atoms with E-state index in [4.69, 9.17) is 18.7 Å². The van der Waals surface area contributed by atoms with Gasteiger partial charge in [0.05, 0.1) is 38.5 Å². The van der Waals surface area contributed by atoms with Crippen LogP contribution in [-0.4, -0.2) is 114 Å². The van der Waals surface area contributed by atoms with Crippen LogP contribution in [-0.2, 0) is 41.6 Å². The first-order valence-electron chi connectivity index (χ1n) is 13.6. The number of ether oxygens (including phenoxy) is 3. The van der Waals surface area contributed by atoms with Crippen molar-refractivity contribution in [2.45, 2.75) is 31.9 Å². The maximum Gasteiger partial charge on any atom is 0.334 e. The summed E-state index contributed by atoms with van der Waals surface area (Å²) in [5.41, 5.74) is 0.486. The highest BCUT2D eigenvalue weighted by Crippen LogP contribution is 2.32. The van der Waals surface area contributed by atoms with E-state index in [9.17, 15) is 24.0 Å². The van der Waals surface area contributed by atoms with Gasteiger partial charge in [0.1, 0.15) is 18.9 Å². The van der Waals surface area contributed by atoms with E-state index < -0.39 is 29.9 Å². The topological polar surface area (TPSA) is 165 Å². The number of anilines is 1. The van der Waals surface area contributed by atoms with Crippen LogP contribution in [0.5, 0.6) is 5.75 Å². The molecule has 0 unspecified atom stereocenters. The van der Waals surface area contributed by atoms with Gasteiger partial charge in [-0.15, -0.1) is 0 Å². The fourth-order valence-electron chi connectivity index (χ4n) is 4.86. The van der Waals surface area contributed by atoms with E-state index in [0.29, 0.717) is 24.6 Å². The van der Waals surface area contributed by atoms with Gasteiger partial charge in [-0.05, 0) is 30.9 Å². The average molecular weight is 585 g/mol. The van der Waals surface area contributed by atoms with E-state index in [1.54, 1.807) is 29.2 Å². The molecule has 224 valence electrons. The number of hydrogen-bond acceptors (Lipinski definition) is 11. The lowest BCUT2D eigenvalue weighted by Crippen LogP contribution is -2.51. The van der Waals surface area contributed by atoms with Gasteiger partial charge in [-0.3, -0.25) is 24.1 Å². The molecule has 1 aromatic heterocycles. The molecule has 2 aromatic rings. The normalized spacial score (nSPS) is 19.0. The smallest absolute Gasteiger partial charge is 0.334 e. The number of benzene rings is 1. The van der Waals surface area contributed by atoms with Crippen LogP contribution in [0.1, 0.15) is 24.6 Å². The van der Waals surface area contributed by atoms with Crippen molar-refractivity contribution in [2.75, 3.05) is 58.5 Å². The molecule has 2 saturated heterocycles. The van der Waals surface area contributed by atoms with E-state index in [2.05, 4.69) is 10.1 Å². The number of urea groups is 1. The molecule has 1 saturated carbocycles. The number of rotatable bonds is 12. The Kier molecular flexibility index (Phi) is 8.77. The van der Waals surface area contributed by atoms with Crippen molar-refractivity contribution >= 4 is 35.3 Å². The van der Waals surface area contributed by atoms with Gasteiger partial charge < -0.3 is 28.5 Å². The van der Waals surface area contributed by atoms with Crippen LogP contribution in [0, 0.1) is 5.92 Å². The molecule has 0 N–H and O–H groups in total. The van der Waals surface area contributed by atoms with Crippen molar-refractivity contribution in [1.29, 1.82) is 0 Å². The van der Waals surface area contributed by atoms with Gasteiger partial charge in [0.2, 0.25) is 17.7 Å². The van der Waals surface area contributed by atoms with Crippen LogP contribution in [0.15, 0.2) is 28.8 Å². The molecule has 0 bridgehead atoms. The first-order valence-corrected chi connectivity index (χ1v) is 13.6. The zero-order valence-electron chi connectivity index (χ0n) is 23.4. The molecule has 5 rings (SSSR count). The molecule has 0 radical (unpaired) electrons. The standard InChI is InChI=1S/C27H32N6O9/c1-39-16-24(35)30-9-10-41-18(13-30)14-31(19-5-3-4-6-20(19)40-2)23(34)11-21-28-22(42-29-21)15-33-26(37)25(36)32(27(33)38)12-17-7-8-17/h3-6,17-18H,7-16H2,1-2H3/t18-/m1/s1. The average Bonchev–Trinajstić information content (AvgIpc) is 3.68. The number of methoxy groups -OCH3 is 2.